The number of hydrogen-bond acceptors (Lipinski definition) is 4. The topological polar surface area (TPSA) is 58.9 Å². The minimum absolute atomic E-state index is 0.722. The zero-order valence-corrected chi connectivity index (χ0v) is 16.5. The number of rotatable bonds is 10. The van der Waals surface area contributed by atoms with Gasteiger partial charge in [-0.2, -0.15) is 0 Å². The molecule has 2 N–H and O–H groups in total. The van der Waals surface area contributed by atoms with Crippen molar-refractivity contribution in [1.82, 2.24) is 0 Å². The molecule has 7 heteroatoms. The predicted octanol–water partition coefficient (Wildman–Crippen LogP) is 3.45. The van der Waals surface area contributed by atoms with Gasteiger partial charge in [-0.05, 0) is 37.8 Å². The Morgan fingerprint density at radius 1 is 0.684 bits per heavy atom. The molecule has 0 aromatic heterocycles. The highest BCUT2D eigenvalue weighted by Crippen LogP contribution is 2.27. The van der Waals surface area contributed by atoms with E-state index in [1.165, 1.54) is 0 Å². The smallest absolute Gasteiger partial charge is 0.323 e. The maximum Gasteiger partial charge on any atom is 0.323 e. The van der Waals surface area contributed by atoms with Gasteiger partial charge in [-0.1, -0.05) is 40.0 Å². The molecule has 0 aliphatic heterocycles. The lowest BCUT2D eigenvalue weighted by molar-refractivity contribution is 0.277. The summed E-state index contributed by atoms with van der Waals surface area (Å²) < 4.78 is 12.1. The van der Waals surface area contributed by atoms with E-state index in [0.29, 0.717) is 0 Å². The fourth-order valence-corrected chi connectivity index (χ4v) is 14.9. The van der Waals surface area contributed by atoms with Gasteiger partial charge in [0.1, 0.15) is 0 Å². The monoisotopic (exact) mass is 324 g/mol. The van der Waals surface area contributed by atoms with Gasteiger partial charge >= 0.3 is 25.7 Å². The fraction of sp³-hybridized carbons (Fsp3) is 1.00. The van der Waals surface area contributed by atoms with Crippen LogP contribution in [-0.4, -0.2) is 35.3 Å². The van der Waals surface area contributed by atoms with Crippen LogP contribution in [0, 0.1) is 0 Å². The predicted molar refractivity (Wildman–Crippen MR) is 86.8 cm³/mol. The van der Waals surface area contributed by atoms with Gasteiger partial charge in [0, 0.05) is 0 Å². The molecule has 19 heavy (non-hydrogen) atoms. The second-order valence-electron chi connectivity index (χ2n) is 5.94. The van der Waals surface area contributed by atoms with E-state index in [2.05, 4.69) is 6.92 Å². The van der Waals surface area contributed by atoms with Crippen LogP contribution in [-0.2, 0) is 8.23 Å². The number of hydrogen-bond donors (Lipinski definition) is 2. The Morgan fingerprint density at radius 2 is 1.00 bits per heavy atom. The van der Waals surface area contributed by atoms with E-state index >= 15 is 0 Å². The molecular weight excluding hydrogens is 292 g/mol. The average Bonchev–Trinajstić information content (AvgIpc) is 2.13. The summed E-state index contributed by atoms with van der Waals surface area (Å²) in [5.41, 5.74) is 0. The zero-order chi connectivity index (χ0) is 15.2. The molecule has 0 radical (unpaired) electrons. The summed E-state index contributed by atoms with van der Waals surface area (Å²) in [7, 11) is -7.77. The standard InChI is InChI=1S/C12H32O4Si3/c1-7-10-17(4,13)15-19(6,12-9-3)16-18(5,14)11-8-2/h13-14H,7-12H2,1-6H3. The maximum atomic E-state index is 10.4. The first-order chi connectivity index (χ1) is 8.60. The van der Waals surface area contributed by atoms with Crippen LogP contribution in [0.3, 0.4) is 0 Å². The molecule has 2 unspecified atom stereocenters. The van der Waals surface area contributed by atoms with E-state index in [1.807, 2.05) is 33.5 Å². The lowest BCUT2D eigenvalue weighted by atomic mass is 10.6. The molecule has 0 amide bonds. The highest BCUT2D eigenvalue weighted by molar-refractivity contribution is 6.85. The van der Waals surface area contributed by atoms with Gasteiger partial charge in [-0.3, -0.25) is 0 Å². The van der Waals surface area contributed by atoms with E-state index < -0.39 is 25.7 Å². The summed E-state index contributed by atoms with van der Waals surface area (Å²) in [4.78, 5) is 20.8. The normalized spacial score (nSPS) is 21.5. The highest BCUT2D eigenvalue weighted by atomic mass is 28.5. The third-order valence-electron chi connectivity index (χ3n) is 3.00. The van der Waals surface area contributed by atoms with Crippen LogP contribution in [0.2, 0.25) is 37.8 Å². The van der Waals surface area contributed by atoms with Crippen molar-refractivity contribution in [1.29, 1.82) is 0 Å². The van der Waals surface area contributed by atoms with Crippen LogP contribution in [0.4, 0.5) is 0 Å². The Morgan fingerprint density at radius 3 is 1.26 bits per heavy atom. The van der Waals surface area contributed by atoms with Crippen molar-refractivity contribution in [2.24, 2.45) is 0 Å². The van der Waals surface area contributed by atoms with Gasteiger partial charge in [0.25, 0.3) is 0 Å². The van der Waals surface area contributed by atoms with Crippen LogP contribution >= 0.6 is 0 Å². The molecule has 0 saturated heterocycles. The van der Waals surface area contributed by atoms with Gasteiger partial charge in [-0.15, -0.1) is 0 Å². The summed E-state index contributed by atoms with van der Waals surface area (Å²) in [6.07, 6.45) is 2.78. The van der Waals surface area contributed by atoms with Crippen molar-refractivity contribution in [2.45, 2.75) is 77.8 Å². The van der Waals surface area contributed by atoms with E-state index in [4.69, 9.17) is 8.23 Å². The zero-order valence-electron chi connectivity index (χ0n) is 13.5. The first-order valence-electron chi connectivity index (χ1n) is 7.45. The summed E-state index contributed by atoms with van der Waals surface area (Å²) in [6.45, 7) is 11.8. The first kappa shape index (κ1) is 19.5. The van der Waals surface area contributed by atoms with Gasteiger partial charge < -0.3 is 17.8 Å². The van der Waals surface area contributed by atoms with Crippen LogP contribution in [0.25, 0.3) is 0 Å². The van der Waals surface area contributed by atoms with E-state index in [9.17, 15) is 9.59 Å². The molecule has 0 aliphatic carbocycles. The Labute approximate surface area is 121 Å². The van der Waals surface area contributed by atoms with Gasteiger partial charge in [-0.25, -0.2) is 0 Å². The summed E-state index contributed by atoms with van der Waals surface area (Å²) >= 11 is 0. The Balaban J connectivity index is 4.84. The molecule has 0 spiro atoms. The average molecular weight is 325 g/mol. The second kappa shape index (κ2) is 8.06. The summed E-state index contributed by atoms with van der Waals surface area (Å²) in [5, 5.41) is 0. The molecule has 0 fully saturated rings. The molecule has 0 saturated carbocycles. The molecule has 0 heterocycles. The van der Waals surface area contributed by atoms with E-state index in [1.54, 1.807) is 0 Å². The van der Waals surface area contributed by atoms with Crippen LogP contribution in [0.5, 0.6) is 0 Å². The Bertz CT molecular complexity index is 239. The van der Waals surface area contributed by atoms with Crippen molar-refractivity contribution in [3.63, 3.8) is 0 Å². The largest absolute Gasteiger partial charge is 0.415 e. The first-order valence-corrected chi connectivity index (χ1v) is 15.1. The van der Waals surface area contributed by atoms with Crippen molar-refractivity contribution in [2.75, 3.05) is 0 Å². The van der Waals surface area contributed by atoms with Gasteiger partial charge in [0.2, 0.25) is 0 Å². The summed E-state index contributed by atoms with van der Waals surface area (Å²) in [5.74, 6) is 0. The molecule has 0 aromatic rings. The minimum atomic E-state index is -2.65. The SMILES string of the molecule is CCC[Si](C)(O)O[Si](C)(CCC)O[Si](C)(O)CCC. The molecule has 116 valence electrons. The van der Waals surface area contributed by atoms with Crippen molar-refractivity contribution in [3.05, 3.63) is 0 Å². The lowest BCUT2D eigenvalue weighted by Gasteiger charge is -2.38. The third-order valence-corrected chi connectivity index (χ3v) is 14.2. The van der Waals surface area contributed by atoms with E-state index in [-0.39, 0.29) is 0 Å². The molecular formula is C12H32O4Si3. The Kier molecular flexibility index (Phi) is 8.27. The molecule has 0 aromatic carbocycles. The van der Waals surface area contributed by atoms with Gasteiger partial charge in [0.15, 0.2) is 0 Å². The van der Waals surface area contributed by atoms with Crippen molar-refractivity contribution in [3.8, 4) is 0 Å². The van der Waals surface area contributed by atoms with Crippen LogP contribution in [0.15, 0.2) is 0 Å². The third kappa shape index (κ3) is 8.38. The highest BCUT2D eigenvalue weighted by Gasteiger charge is 2.44. The molecule has 0 rings (SSSR count). The van der Waals surface area contributed by atoms with Crippen LogP contribution < -0.4 is 0 Å². The lowest BCUT2D eigenvalue weighted by Crippen LogP contribution is -2.56. The summed E-state index contributed by atoms with van der Waals surface area (Å²) in [6, 6.07) is 2.27. The van der Waals surface area contributed by atoms with Gasteiger partial charge in [0.05, 0.1) is 0 Å². The second-order valence-corrected chi connectivity index (χ2v) is 16.0. The maximum absolute atomic E-state index is 10.4. The van der Waals surface area contributed by atoms with E-state index in [0.717, 1.165) is 37.4 Å². The van der Waals surface area contributed by atoms with Crippen molar-refractivity contribution < 1.29 is 17.8 Å². The van der Waals surface area contributed by atoms with Crippen molar-refractivity contribution >= 4 is 25.7 Å². The molecule has 0 aliphatic rings. The molecule has 0 bridgehead atoms. The quantitative estimate of drug-likeness (QED) is 0.604. The fourth-order valence-electron chi connectivity index (χ4n) is 2.54. The Hall–Kier alpha value is 0.491. The molecule has 4 nitrogen and oxygen atoms in total. The minimum Gasteiger partial charge on any atom is -0.415 e. The molecule has 2 atom stereocenters. The van der Waals surface area contributed by atoms with Crippen LogP contribution in [0.1, 0.15) is 40.0 Å².